The summed E-state index contributed by atoms with van der Waals surface area (Å²) in [7, 11) is -0.370. The molecule has 14 heteroatoms. The third-order valence-corrected chi connectivity index (χ3v) is 9.51. The molecule has 2 amide bonds. The molecule has 0 aliphatic carbocycles. The number of nitrogens with one attached hydrogen (secondary N) is 2. The van der Waals surface area contributed by atoms with E-state index in [0.717, 1.165) is 5.56 Å². The van der Waals surface area contributed by atoms with Crippen molar-refractivity contribution in [1.82, 2.24) is 19.4 Å². The zero-order chi connectivity index (χ0) is 34.6. The summed E-state index contributed by atoms with van der Waals surface area (Å²) in [6.45, 7) is 4.91. The maximum Gasteiger partial charge on any atom is 0.280 e. The summed E-state index contributed by atoms with van der Waals surface area (Å²) in [5, 5.41) is 12.7. The third-order valence-electron chi connectivity index (χ3n) is 8.24. The smallest absolute Gasteiger partial charge is 0.280 e. The van der Waals surface area contributed by atoms with Crippen molar-refractivity contribution in [2.24, 2.45) is 13.0 Å². The van der Waals surface area contributed by atoms with Crippen molar-refractivity contribution < 1.29 is 27.9 Å². The molecule has 0 radical (unpaired) electrons. The minimum Gasteiger partial charge on any atom is -0.488 e. The van der Waals surface area contributed by atoms with Crippen molar-refractivity contribution in [2.75, 3.05) is 42.5 Å². The van der Waals surface area contributed by atoms with E-state index in [1.54, 1.807) is 67.4 Å². The second-order valence-electron chi connectivity index (χ2n) is 12.3. The number of hydrogen-bond acceptors (Lipinski definition) is 9. The third kappa shape index (κ3) is 7.95. The molecule has 0 unspecified atom stereocenters. The van der Waals surface area contributed by atoms with Crippen LogP contribution in [-0.4, -0.2) is 83.6 Å². The lowest BCUT2D eigenvalue weighted by Crippen LogP contribution is -2.49. The molecule has 2 heterocycles. The normalized spacial score (nSPS) is 17.2. The highest BCUT2D eigenvalue weighted by molar-refractivity contribution is 7.92. The fourth-order valence-corrected chi connectivity index (χ4v) is 6.52. The molecular weight excluding hydrogens is 634 g/mol. The fourth-order valence-electron chi connectivity index (χ4n) is 5.49. The van der Waals surface area contributed by atoms with Gasteiger partial charge in [-0.05, 0) is 62.0 Å². The topological polar surface area (TPSA) is 172 Å². The first-order chi connectivity index (χ1) is 22.8. The highest BCUT2D eigenvalue weighted by Crippen LogP contribution is 2.31. The summed E-state index contributed by atoms with van der Waals surface area (Å²) in [6, 6.07) is 18.5. The van der Waals surface area contributed by atoms with Crippen LogP contribution in [0.25, 0.3) is 0 Å². The number of nitrogens with zero attached hydrogens (tertiary/aromatic N) is 4. The molecule has 0 bridgehead atoms. The zero-order valence-electron chi connectivity index (χ0n) is 27.3. The maximum absolute atomic E-state index is 13.8. The first kappa shape index (κ1) is 34.4. The number of anilines is 3. The standard InChI is InChI=1S/C34H41N7O6S/c1-22-16-41(23(2)20-42)34(44)27-15-26(38-48(45,46)32-19-40(4)21-36-32)13-14-30(27)47-31(22)18-39(3)17-24-9-11-25(12-10-24)33(43)37-29-8-6-5-7-28(29)35/h5-15,19,21-23,31,38,42H,16-18,20,35H2,1-4H3,(H,37,43)/t22-,23+,31-/m0/s1. The number of nitrogen functional groups attached to an aromatic ring is 1. The largest absolute Gasteiger partial charge is 0.488 e. The number of rotatable bonds is 11. The molecule has 0 saturated heterocycles. The van der Waals surface area contributed by atoms with E-state index in [4.69, 9.17) is 10.5 Å². The van der Waals surface area contributed by atoms with E-state index in [-0.39, 0.29) is 46.7 Å². The van der Waals surface area contributed by atoms with E-state index < -0.39 is 16.1 Å². The highest BCUT2D eigenvalue weighted by atomic mass is 32.2. The summed E-state index contributed by atoms with van der Waals surface area (Å²) in [5.74, 6) is -0.428. The SMILES string of the molecule is C[C@H](CO)N1C[C@H](C)[C@H](CN(C)Cc2ccc(C(=O)Nc3ccccc3N)cc2)Oc2ccc(NS(=O)(=O)c3cn(C)cn3)cc2C1=O. The van der Waals surface area contributed by atoms with Gasteiger partial charge in [-0.1, -0.05) is 31.2 Å². The number of hydrogen-bond donors (Lipinski definition) is 4. The number of ether oxygens (including phenoxy) is 1. The van der Waals surface area contributed by atoms with Crippen LogP contribution in [0.3, 0.4) is 0 Å². The summed E-state index contributed by atoms with van der Waals surface area (Å²) in [4.78, 5) is 34.2. The molecule has 48 heavy (non-hydrogen) atoms. The summed E-state index contributed by atoms with van der Waals surface area (Å²) in [5.41, 5.74) is 8.85. The number of aryl methyl sites for hydroxylation is 1. The Balaban J connectivity index is 1.31. The van der Waals surface area contributed by atoms with Crippen molar-refractivity contribution in [3.63, 3.8) is 0 Å². The minimum atomic E-state index is -4.00. The fraction of sp³-hybridized carbons (Fsp3) is 0.324. The van der Waals surface area contributed by atoms with E-state index in [1.807, 2.05) is 26.1 Å². The number of benzene rings is 3. The molecule has 5 N–H and O–H groups in total. The summed E-state index contributed by atoms with van der Waals surface area (Å²) in [6.07, 6.45) is 2.41. The van der Waals surface area contributed by atoms with Crippen LogP contribution < -0.4 is 20.5 Å². The predicted molar refractivity (Wildman–Crippen MR) is 183 cm³/mol. The van der Waals surface area contributed by atoms with Crippen LogP contribution in [0.2, 0.25) is 0 Å². The Labute approximate surface area is 280 Å². The molecule has 1 aromatic heterocycles. The molecule has 0 fully saturated rings. The Kier molecular flexibility index (Phi) is 10.4. The molecule has 1 aliphatic rings. The van der Waals surface area contributed by atoms with Gasteiger partial charge in [0, 0.05) is 50.0 Å². The lowest BCUT2D eigenvalue weighted by Gasteiger charge is -2.38. The number of para-hydroxylation sites is 2. The van der Waals surface area contributed by atoms with Crippen LogP contribution in [0.15, 0.2) is 84.3 Å². The van der Waals surface area contributed by atoms with Gasteiger partial charge in [0.15, 0.2) is 5.03 Å². The molecule has 5 rings (SSSR count). The highest BCUT2D eigenvalue weighted by Gasteiger charge is 2.34. The summed E-state index contributed by atoms with van der Waals surface area (Å²) < 4.78 is 36.4. The van der Waals surface area contributed by atoms with Crippen molar-refractivity contribution in [3.05, 3.63) is 95.9 Å². The van der Waals surface area contributed by atoms with E-state index in [1.165, 1.54) is 23.2 Å². The van der Waals surface area contributed by atoms with Gasteiger partial charge in [0.2, 0.25) is 0 Å². The number of amides is 2. The van der Waals surface area contributed by atoms with Gasteiger partial charge in [0.25, 0.3) is 21.8 Å². The Hall–Kier alpha value is -4.92. The lowest BCUT2D eigenvalue weighted by molar-refractivity contribution is 0.0341. The van der Waals surface area contributed by atoms with Crippen molar-refractivity contribution in [3.8, 4) is 5.75 Å². The molecule has 254 valence electrons. The Morgan fingerprint density at radius 2 is 1.90 bits per heavy atom. The lowest BCUT2D eigenvalue weighted by atomic mass is 9.99. The zero-order valence-corrected chi connectivity index (χ0v) is 28.1. The van der Waals surface area contributed by atoms with Gasteiger partial charge in [0.05, 0.1) is 35.9 Å². The number of aromatic nitrogens is 2. The second-order valence-corrected chi connectivity index (χ2v) is 13.9. The summed E-state index contributed by atoms with van der Waals surface area (Å²) >= 11 is 0. The first-order valence-electron chi connectivity index (χ1n) is 15.5. The number of nitrogens with two attached hydrogens (primary N) is 1. The van der Waals surface area contributed by atoms with Gasteiger partial charge in [-0.3, -0.25) is 19.2 Å². The van der Waals surface area contributed by atoms with Crippen molar-refractivity contribution >= 4 is 38.9 Å². The molecule has 0 saturated carbocycles. The van der Waals surface area contributed by atoms with E-state index in [0.29, 0.717) is 42.3 Å². The van der Waals surface area contributed by atoms with Crippen LogP contribution in [0.4, 0.5) is 17.1 Å². The van der Waals surface area contributed by atoms with Crippen molar-refractivity contribution in [1.29, 1.82) is 0 Å². The number of carbonyl (C=O) groups is 2. The maximum atomic E-state index is 13.8. The Morgan fingerprint density at radius 1 is 1.17 bits per heavy atom. The molecule has 13 nitrogen and oxygen atoms in total. The van der Waals surface area contributed by atoms with Gasteiger partial charge in [-0.15, -0.1) is 0 Å². The molecule has 0 spiro atoms. The van der Waals surface area contributed by atoms with Crippen LogP contribution in [-0.2, 0) is 23.6 Å². The van der Waals surface area contributed by atoms with Gasteiger partial charge in [0.1, 0.15) is 11.9 Å². The van der Waals surface area contributed by atoms with Gasteiger partial charge in [-0.2, -0.15) is 8.42 Å². The minimum absolute atomic E-state index is 0.114. The first-order valence-corrected chi connectivity index (χ1v) is 17.0. The monoisotopic (exact) mass is 675 g/mol. The molecule has 1 aliphatic heterocycles. The average molecular weight is 676 g/mol. The molecule has 3 aromatic carbocycles. The van der Waals surface area contributed by atoms with Gasteiger partial charge >= 0.3 is 0 Å². The Bertz CT molecular complexity index is 1880. The number of likely N-dealkylation sites (N-methyl/N-ethyl adjacent to an activating group) is 1. The quantitative estimate of drug-likeness (QED) is 0.174. The van der Waals surface area contributed by atoms with Gasteiger partial charge < -0.3 is 30.4 Å². The number of sulfonamides is 1. The number of imidazole rings is 1. The van der Waals surface area contributed by atoms with Crippen LogP contribution in [0.5, 0.6) is 5.75 Å². The number of aliphatic hydroxyl groups is 1. The average Bonchev–Trinajstić information content (AvgIpc) is 3.51. The predicted octanol–water partition coefficient (Wildman–Crippen LogP) is 3.41. The number of carbonyl (C=O) groups excluding carboxylic acids is 2. The van der Waals surface area contributed by atoms with E-state index in [9.17, 15) is 23.1 Å². The van der Waals surface area contributed by atoms with Gasteiger partial charge in [-0.25, -0.2) is 4.98 Å². The number of aliphatic hydroxyl groups excluding tert-OH is 1. The van der Waals surface area contributed by atoms with Crippen molar-refractivity contribution in [2.45, 2.75) is 37.6 Å². The van der Waals surface area contributed by atoms with Crippen LogP contribution >= 0.6 is 0 Å². The molecule has 3 atom stereocenters. The van der Waals surface area contributed by atoms with Crippen LogP contribution in [0.1, 0.15) is 40.1 Å². The van der Waals surface area contributed by atoms with E-state index in [2.05, 4.69) is 19.9 Å². The molecule has 4 aromatic rings. The Morgan fingerprint density at radius 3 is 2.56 bits per heavy atom. The van der Waals surface area contributed by atoms with Crippen LogP contribution in [0, 0.1) is 5.92 Å². The van der Waals surface area contributed by atoms with E-state index >= 15 is 0 Å². The molecular formula is C34H41N7O6S. The number of fused-ring (bicyclic) bond motifs is 1. The second kappa shape index (κ2) is 14.5.